The van der Waals surface area contributed by atoms with Crippen LogP contribution in [0.15, 0.2) is 47.4 Å². The van der Waals surface area contributed by atoms with Gasteiger partial charge in [-0.05, 0) is 31.2 Å². The number of nitrogens with zero attached hydrogens (tertiary/aromatic N) is 1. The molecule has 2 aromatic rings. The molecular formula is C19H22F2N2O3S. The van der Waals surface area contributed by atoms with Gasteiger partial charge in [-0.25, -0.2) is 17.2 Å². The molecule has 2 rings (SSSR count). The zero-order valence-corrected chi connectivity index (χ0v) is 16.2. The molecule has 0 aromatic heterocycles. The first-order chi connectivity index (χ1) is 12.7. The summed E-state index contributed by atoms with van der Waals surface area (Å²) in [5.41, 5.74) is 0.272. The molecule has 1 atom stereocenters. The van der Waals surface area contributed by atoms with Crippen LogP contribution in [0.1, 0.15) is 42.7 Å². The van der Waals surface area contributed by atoms with Crippen molar-refractivity contribution in [3.63, 3.8) is 0 Å². The van der Waals surface area contributed by atoms with Gasteiger partial charge in [0, 0.05) is 30.3 Å². The van der Waals surface area contributed by atoms with Crippen LogP contribution >= 0.6 is 0 Å². The van der Waals surface area contributed by atoms with Crippen molar-refractivity contribution in [2.24, 2.45) is 0 Å². The smallest absolute Gasteiger partial charge is 0.251 e. The minimum absolute atomic E-state index is 0.0134. The molecule has 0 aliphatic rings. The Morgan fingerprint density at radius 1 is 1.11 bits per heavy atom. The number of halogens is 2. The zero-order chi connectivity index (χ0) is 20.2. The lowest BCUT2D eigenvalue weighted by atomic mass is 10.1. The first-order valence-electron chi connectivity index (χ1n) is 8.56. The number of nitrogens with one attached hydrogen (secondary N) is 1. The summed E-state index contributed by atoms with van der Waals surface area (Å²) in [7, 11) is -3.70. The van der Waals surface area contributed by atoms with Crippen LogP contribution in [-0.2, 0) is 10.0 Å². The van der Waals surface area contributed by atoms with E-state index in [1.807, 2.05) is 0 Å². The fraction of sp³-hybridized carbons (Fsp3) is 0.316. The number of rotatable bonds is 7. The molecule has 5 nitrogen and oxygen atoms in total. The molecule has 0 saturated heterocycles. The highest BCUT2D eigenvalue weighted by Gasteiger charge is 2.23. The molecule has 0 radical (unpaired) electrons. The van der Waals surface area contributed by atoms with Crippen LogP contribution in [0.5, 0.6) is 0 Å². The minimum Gasteiger partial charge on any atom is -0.345 e. The fourth-order valence-electron chi connectivity index (χ4n) is 2.72. The summed E-state index contributed by atoms with van der Waals surface area (Å²) < 4.78 is 53.4. The van der Waals surface area contributed by atoms with Gasteiger partial charge >= 0.3 is 0 Å². The molecule has 0 aliphatic carbocycles. The Kier molecular flexibility index (Phi) is 6.67. The summed E-state index contributed by atoms with van der Waals surface area (Å²) >= 11 is 0. The number of sulfonamides is 1. The Balaban J connectivity index is 2.25. The molecule has 1 amide bonds. The monoisotopic (exact) mass is 396 g/mol. The van der Waals surface area contributed by atoms with E-state index in [0.29, 0.717) is 13.1 Å². The van der Waals surface area contributed by atoms with Crippen LogP contribution < -0.4 is 5.32 Å². The maximum atomic E-state index is 13.9. The van der Waals surface area contributed by atoms with E-state index in [1.165, 1.54) is 34.6 Å². The number of carbonyl (C=O) groups excluding carboxylic acids is 1. The molecule has 0 aliphatic heterocycles. The topological polar surface area (TPSA) is 66.5 Å². The van der Waals surface area contributed by atoms with Gasteiger partial charge in [0.25, 0.3) is 5.91 Å². The third-order valence-electron chi connectivity index (χ3n) is 4.22. The molecule has 1 N–H and O–H groups in total. The summed E-state index contributed by atoms with van der Waals surface area (Å²) in [6.45, 7) is 5.66. The SMILES string of the molecule is CCN(CC)S(=O)(=O)c1cccc(C(=O)N[C@H](C)c2ccc(F)cc2F)c1. The van der Waals surface area contributed by atoms with E-state index < -0.39 is 33.6 Å². The van der Waals surface area contributed by atoms with E-state index in [4.69, 9.17) is 0 Å². The lowest BCUT2D eigenvalue weighted by molar-refractivity contribution is 0.0939. The summed E-state index contributed by atoms with van der Waals surface area (Å²) in [6.07, 6.45) is 0. The quantitative estimate of drug-likeness (QED) is 0.779. The van der Waals surface area contributed by atoms with E-state index >= 15 is 0 Å². The van der Waals surface area contributed by atoms with Gasteiger partial charge in [0.1, 0.15) is 11.6 Å². The maximum Gasteiger partial charge on any atom is 0.251 e. The second kappa shape index (κ2) is 8.58. The predicted molar refractivity (Wildman–Crippen MR) is 98.8 cm³/mol. The summed E-state index contributed by atoms with van der Waals surface area (Å²) in [5, 5.41) is 2.60. The van der Waals surface area contributed by atoms with Crippen molar-refractivity contribution in [2.75, 3.05) is 13.1 Å². The Labute approximate surface area is 158 Å². The van der Waals surface area contributed by atoms with Crippen molar-refractivity contribution < 1.29 is 22.0 Å². The van der Waals surface area contributed by atoms with E-state index in [-0.39, 0.29) is 16.0 Å². The average Bonchev–Trinajstić information content (AvgIpc) is 2.62. The third kappa shape index (κ3) is 4.70. The Bertz CT molecular complexity index is 928. The molecule has 2 aromatic carbocycles. The standard InChI is InChI=1S/C19H22F2N2O3S/c1-4-23(5-2)27(25,26)16-8-6-7-14(11-16)19(24)22-13(3)17-10-9-15(20)12-18(17)21/h6-13H,4-5H2,1-3H3,(H,22,24)/t13-/m1/s1. The Morgan fingerprint density at radius 3 is 2.37 bits per heavy atom. The predicted octanol–water partition coefficient (Wildman–Crippen LogP) is 3.49. The van der Waals surface area contributed by atoms with Crippen molar-refractivity contribution in [1.29, 1.82) is 0 Å². The second-order valence-electron chi connectivity index (χ2n) is 5.98. The zero-order valence-electron chi connectivity index (χ0n) is 15.4. The van der Waals surface area contributed by atoms with Crippen LogP contribution in [0, 0.1) is 11.6 Å². The van der Waals surface area contributed by atoms with Gasteiger partial charge in [0.2, 0.25) is 10.0 Å². The van der Waals surface area contributed by atoms with E-state index in [1.54, 1.807) is 20.8 Å². The molecule has 0 spiro atoms. The van der Waals surface area contributed by atoms with E-state index in [0.717, 1.165) is 12.1 Å². The highest BCUT2D eigenvalue weighted by Crippen LogP contribution is 2.20. The summed E-state index contributed by atoms with van der Waals surface area (Å²) in [6, 6.07) is 8.06. The average molecular weight is 396 g/mol. The van der Waals surface area contributed by atoms with Crippen LogP contribution in [0.25, 0.3) is 0 Å². The van der Waals surface area contributed by atoms with Crippen molar-refractivity contribution in [3.8, 4) is 0 Å². The largest absolute Gasteiger partial charge is 0.345 e. The summed E-state index contributed by atoms with van der Waals surface area (Å²) in [4.78, 5) is 12.5. The van der Waals surface area contributed by atoms with Gasteiger partial charge in [-0.1, -0.05) is 26.0 Å². The molecular weight excluding hydrogens is 374 g/mol. The normalized spacial score (nSPS) is 12.8. The highest BCUT2D eigenvalue weighted by molar-refractivity contribution is 7.89. The molecule has 8 heteroatoms. The second-order valence-corrected chi connectivity index (χ2v) is 7.92. The Hall–Kier alpha value is -2.32. The maximum absolute atomic E-state index is 13.9. The van der Waals surface area contributed by atoms with E-state index in [9.17, 15) is 22.0 Å². The van der Waals surface area contributed by atoms with Gasteiger partial charge in [0.15, 0.2) is 0 Å². The van der Waals surface area contributed by atoms with Crippen LogP contribution in [0.4, 0.5) is 8.78 Å². The fourth-order valence-corrected chi connectivity index (χ4v) is 4.23. The molecule has 0 fully saturated rings. The van der Waals surface area contributed by atoms with Gasteiger partial charge in [0.05, 0.1) is 10.9 Å². The van der Waals surface area contributed by atoms with Crippen molar-refractivity contribution >= 4 is 15.9 Å². The molecule has 0 unspecified atom stereocenters. The van der Waals surface area contributed by atoms with Gasteiger partial charge in [-0.15, -0.1) is 0 Å². The van der Waals surface area contributed by atoms with Crippen molar-refractivity contribution in [3.05, 3.63) is 65.2 Å². The summed E-state index contributed by atoms with van der Waals surface area (Å²) in [5.74, 6) is -2.02. The van der Waals surface area contributed by atoms with Crippen LogP contribution in [-0.4, -0.2) is 31.7 Å². The number of hydrogen-bond acceptors (Lipinski definition) is 3. The Morgan fingerprint density at radius 2 is 1.78 bits per heavy atom. The number of benzene rings is 2. The lowest BCUT2D eigenvalue weighted by Gasteiger charge is -2.19. The van der Waals surface area contributed by atoms with Crippen LogP contribution in [0.2, 0.25) is 0 Å². The molecule has 0 heterocycles. The first kappa shape index (κ1) is 21.0. The number of carbonyl (C=O) groups is 1. The van der Waals surface area contributed by atoms with Gasteiger partial charge in [-0.2, -0.15) is 4.31 Å². The van der Waals surface area contributed by atoms with Crippen molar-refractivity contribution in [2.45, 2.75) is 31.7 Å². The molecule has 27 heavy (non-hydrogen) atoms. The number of hydrogen-bond donors (Lipinski definition) is 1. The van der Waals surface area contributed by atoms with Crippen LogP contribution in [0.3, 0.4) is 0 Å². The highest BCUT2D eigenvalue weighted by atomic mass is 32.2. The molecule has 0 saturated carbocycles. The first-order valence-corrected chi connectivity index (χ1v) is 10.0. The van der Waals surface area contributed by atoms with E-state index in [2.05, 4.69) is 5.32 Å². The molecule has 0 bridgehead atoms. The minimum atomic E-state index is -3.70. The molecule has 146 valence electrons. The number of amides is 1. The third-order valence-corrected chi connectivity index (χ3v) is 6.26. The lowest BCUT2D eigenvalue weighted by Crippen LogP contribution is -2.31. The van der Waals surface area contributed by atoms with Gasteiger partial charge < -0.3 is 5.32 Å². The van der Waals surface area contributed by atoms with Crippen molar-refractivity contribution in [1.82, 2.24) is 9.62 Å². The van der Waals surface area contributed by atoms with Gasteiger partial charge in [-0.3, -0.25) is 4.79 Å².